The summed E-state index contributed by atoms with van der Waals surface area (Å²) >= 11 is 0. The Labute approximate surface area is 197 Å². The van der Waals surface area contributed by atoms with Crippen molar-refractivity contribution in [1.29, 1.82) is 0 Å². The van der Waals surface area contributed by atoms with Crippen molar-refractivity contribution >= 4 is 5.97 Å². The first-order valence-electron chi connectivity index (χ1n) is 12.4. The van der Waals surface area contributed by atoms with Gasteiger partial charge in [0.2, 0.25) is 0 Å². The minimum Gasteiger partial charge on any atom is -0.461 e. The van der Waals surface area contributed by atoms with E-state index < -0.39 is 6.04 Å². The number of nitrogens with one attached hydrogen (secondary N) is 2. The molecular weight excluding hydrogens is 396 g/mol. The highest BCUT2D eigenvalue weighted by Crippen LogP contribution is 2.43. The van der Waals surface area contributed by atoms with Gasteiger partial charge in [0, 0.05) is 23.0 Å². The Morgan fingerprint density at radius 2 is 1.50 bits per heavy atom. The minimum atomic E-state index is -0.410. The van der Waals surface area contributed by atoms with Crippen molar-refractivity contribution in [2.24, 2.45) is 11.8 Å². The Morgan fingerprint density at radius 1 is 0.938 bits per heavy atom. The Hall–Kier alpha value is -1.39. The number of ether oxygens (including phenoxy) is 1. The van der Waals surface area contributed by atoms with Gasteiger partial charge in [0.15, 0.2) is 0 Å². The Kier molecular flexibility index (Phi) is 8.61. The van der Waals surface area contributed by atoms with Crippen LogP contribution in [0.2, 0.25) is 0 Å². The van der Waals surface area contributed by atoms with Crippen molar-refractivity contribution in [2.75, 3.05) is 0 Å². The topological polar surface area (TPSA) is 50.4 Å². The fourth-order valence-electron chi connectivity index (χ4n) is 5.21. The SMILES string of the molecule is C[C@@H]1CC[C@@H](C(C)(C)c2ccccc2)[C@H](OC(=O)[C@@H](NC(C)(C)C)[C@@H](C)NC(C)(C)C)C1. The van der Waals surface area contributed by atoms with Crippen LogP contribution in [0.4, 0.5) is 0 Å². The highest BCUT2D eigenvalue weighted by molar-refractivity contribution is 5.77. The molecule has 0 aromatic heterocycles. The molecule has 1 aliphatic carbocycles. The first kappa shape index (κ1) is 26.9. The number of benzene rings is 1. The van der Waals surface area contributed by atoms with Crippen molar-refractivity contribution in [3.05, 3.63) is 35.9 Å². The quantitative estimate of drug-likeness (QED) is 0.518. The third-order valence-electron chi connectivity index (χ3n) is 6.77. The zero-order chi connectivity index (χ0) is 24.3. The summed E-state index contributed by atoms with van der Waals surface area (Å²) in [6, 6.07) is 10.2. The molecule has 0 saturated heterocycles. The molecule has 1 aliphatic rings. The minimum absolute atomic E-state index is 0.0525. The summed E-state index contributed by atoms with van der Waals surface area (Å²) in [6.07, 6.45) is 3.11. The van der Waals surface area contributed by atoms with Crippen LogP contribution in [-0.4, -0.2) is 35.2 Å². The number of hydrogen-bond acceptors (Lipinski definition) is 4. The molecule has 182 valence electrons. The Balaban J connectivity index is 2.27. The second-order valence-corrected chi connectivity index (χ2v) is 12.6. The van der Waals surface area contributed by atoms with Crippen molar-refractivity contribution in [3.8, 4) is 0 Å². The highest BCUT2D eigenvalue weighted by atomic mass is 16.5. The van der Waals surface area contributed by atoms with E-state index in [4.69, 9.17) is 4.74 Å². The van der Waals surface area contributed by atoms with E-state index in [0.717, 1.165) is 12.8 Å². The molecule has 2 N–H and O–H groups in total. The smallest absolute Gasteiger partial charge is 0.325 e. The average molecular weight is 445 g/mol. The van der Waals surface area contributed by atoms with E-state index in [1.165, 1.54) is 12.0 Å². The van der Waals surface area contributed by atoms with Crippen LogP contribution >= 0.6 is 0 Å². The second-order valence-electron chi connectivity index (χ2n) is 12.6. The molecule has 0 spiro atoms. The van der Waals surface area contributed by atoms with E-state index in [9.17, 15) is 4.79 Å². The lowest BCUT2D eigenvalue weighted by Crippen LogP contribution is -2.60. The van der Waals surface area contributed by atoms with Crippen LogP contribution in [0.15, 0.2) is 30.3 Å². The normalized spacial score (nSPS) is 24.6. The van der Waals surface area contributed by atoms with E-state index in [1.807, 2.05) is 0 Å². The first-order chi connectivity index (χ1) is 14.6. The molecule has 0 unspecified atom stereocenters. The first-order valence-corrected chi connectivity index (χ1v) is 12.4. The van der Waals surface area contributed by atoms with E-state index in [-0.39, 0.29) is 34.6 Å². The van der Waals surface area contributed by atoms with Gasteiger partial charge in [-0.1, -0.05) is 57.5 Å². The summed E-state index contributed by atoms with van der Waals surface area (Å²) in [5.74, 6) is 0.720. The van der Waals surface area contributed by atoms with Crippen molar-refractivity contribution in [1.82, 2.24) is 10.6 Å². The summed E-state index contributed by atoms with van der Waals surface area (Å²) < 4.78 is 6.38. The Morgan fingerprint density at radius 3 is 2.03 bits per heavy atom. The van der Waals surface area contributed by atoms with Gasteiger partial charge in [0.05, 0.1) is 0 Å². The van der Waals surface area contributed by atoms with Gasteiger partial charge in [-0.3, -0.25) is 10.1 Å². The standard InChI is InChI=1S/C28H48N2O2/c1-19-16-17-22(28(9,10)21-14-12-11-13-15-21)23(18-19)32-25(31)24(30-27(6,7)8)20(2)29-26(3,4)5/h11-15,19-20,22-24,29-30H,16-18H2,1-10H3/t19-,20-,22-,23-,24+/m1/s1. The summed E-state index contributed by atoms with van der Waals surface area (Å²) in [5.41, 5.74) is 0.969. The van der Waals surface area contributed by atoms with Gasteiger partial charge >= 0.3 is 5.97 Å². The maximum Gasteiger partial charge on any atom is 0.325 e. The van der Waals surface area contributed by atoms with E-state index in [0.29, 0.717) is 11.8 Å². The van der Waals surface area contributed by atoms with Crippen molar-refractivity contribution < 1.29 is 9.53 Å². The molecule has 1 aromatic carbocycles. The number of carbonyl (C=O) groups excluding carboxylic acids is 1. The molecule has 1 saturated carbocycles. The second kappa shape index (κ2) is 10.3. The summed E-state index contributed by atoms with van der Waals surface area (Å²) in [5, 5.41) is 7.10. The number of rotatable bonds is 7. The van der Waals surface area contributed by atoms with E-state index in [1.54, 1.807) is 0 Å². The third-order valence-corrected chi connectivity index (χ3v) is 6.77. The van der Waals surface area contributed by atoms with Gasteiger partial charge in [-0.05, 0) is 78.2 Å². The molecule has 2 rings (SSSR count). The Bertz CT molecular complexity index is 730. The molecule has 1 fully saturated rings. The number of esters is 1. The molecule has 0 aliphatic heterocycles. The summed E-state index contributed by atoms with van der Waals surface area (Å²) in [6.45, 7) is 21.6. The molecule has 0 heterocycles. The van der Waals surface area contributed by atoms with Gasteiger partial charge in [-0.15, -0.1) is 0 Å². The molecule has 0 amide bonds. The lowest BCUT2D eigenvalue weighted by Gasteiger charge is -2.45. The molecule has 4 heteroatoms. The van der Waals surface area contributed by atoms with Crippen LogP contribution in [0.1, 0.15) is 94.1 Å². The molecule has 0 bridgehead atoms. The molecule has 1 aromatic rings. The molecular formula is C28H48N2O2. The molecule has 4 nitrogen and oxygen atoms in total. The highest BCUT2D eigenvalue weighted by Gasteiger charge is 2.43. The lowest BCUT2D eigenvalue weighted by atomic mass is 9.64. The zero-order valence-corrected chi connectivity index (χ0v) is 22.2. The van der Waals surface area contributed by atoms with Gasteiger partial charge in [-0.2, -0.15) is 0 Å². The molecule has 0 radical (unpaired) electrons. The lowest BCUT2D eigenvalue weighted by molar-refractivity contribution is -0.160. The van der Waals surface area contributed by atoms with Crippen LogP contribution in [0.25, 0.3) is 0 Å². The summed E-state index contributed by atoms with van der Waals surface area (Å²) in [7, 11) is 0. The monoisotopic (exact) mass is 444 g/mol. The van der Waals surface area contributed by atoms with Crippen molar-refractivity contribution in [3.63, 3.8) is 0 Å². The molecule has 32 heavy (non-hydrogen) atoms. The van der Waals surface area contributed by atoms with Crippen LogP contribution in [0.5, 0.6) is 0 Å². The zero-order valence-electron chi connectivity index (χ0n) is 22.2. The van der Waals surface area contributed by atoms with E-state index in [2.05, 4.69) is 110 Å². The maximum absolute atomic E-state index is 13.6. The van der Waals surface area contributed by atoms with Crippen LogP contribution in [-0.2, 0) is 14.9 Å². The molecule has 5 atom stereocenters. The summed E-state index contributed by atoms with van der Waals surface area (Å²) in [4.78, 5) is 13.6. The van der Waals surface area contributed by atoms with E-state index >= 15 is 0 Å². The van der Waals surface area contributed by atoms with Crippen LogP contribution < -0.4 is 10.6 Å². The number of carbonyl (C=O) groups is 1. The van der Waals surface area contributed by atoms with Crippen LogP contribution in [0, 0.1) is 11.8 Å². The van der Waals surface area contributed by atoms with Gasteiger partial charge in [0.1, 0.15) is 12.1 Å². The number of hydrogen-bond donors (Lipinski definition) is 2. The van der Waals surface area contributed by atoms with Crippen LogP contribution in [0.3, 0.4) is 0 Å². The third kappa shape index (κ3) is 7.59. The fraction of sp³-hybridized carbons (Fsp3) is 0.750. The average Bonchev–Trinajstić information content (AvgIpc) is 2.64. The van der Waals surface area contributed by atoms with Crippen molar-refractivity contribution in [2.45, 2.75) is 123 Å². The fourth-order valence-corrected chi connectivity index (χ4v) is 5.21. The maximum atomic E-state index is 13.6. The van der Waals surface area contributed by atoms with Gasteiger partial charge < -0.3 is 10.1 Å². The largest absolute Gasteiger partial charge is 0.461 e. The van der Waals surface area contributed by atoms with Gasteiger partial charge in [0.25, 0.3) is 0 Å². The predicted molar refractivity (Wildman–Crippen MR) is 135 cm³/mol. The van der Waals surface area contributed by atoms with Gasteiger partial charge in [-0.25, -0.2) is 0 Å². The predicted octanol–water partition coefficient (Wildman–Crippen LogP) is 5.85.